The predicted octanol–water partition coefficient (Wildman–Crippen LogP) is -3.75. The molecule has 2 rings (SSSR count). The third kappa shape index (κ3) is 6.49. The standard InChI is InChI=1S/C14H18O6P2.2Li/c1-19-21(15,16)9-11-7-12-5-3-4-6-14(12)13(8-11)10-22(17,18)20-2;;/h3-8H,9-10H2,1-2H3,(H,15,16)(H,17,18);;/q;2*+1/p-2. The van der Waals surface area contributed by atoms with Crippen molar-refractivity contribution in [1.29, 1.82) is 0 Å². The van der Waals surface area contributed by atoms with Gasteiger partial charge in [0.15, 0.2) is 0 Å². The first-order chi connectivity index (χ1) is 10.3. The number of benzene rings is 2. The van der Waals surface area contributed by atoms with Gasteiger partial charge in [0, 0.05) is 26.5 Å². The van der Waals surface area contributed by atoms with Gasteiger partial charge in [-0.05, 0) is 21.9 Å². The van der Waals surface area contributed by atoms with Crippen LogP contribution in [0, 0.1) is 0 Å². The fourth-order valence-corrected chi connectivity index (χ4v) is 3.81. The van der Waals surface area contributed by atoms with Crippen LogP contribution in [0.15, 0.2) is 36.4 Å². The van der Waals surface area contributed by atoms with Gasteiger partial charge < -0.3 is 28.0 Å². The van der Waals surface area contributed by atoms with E-state index in [9.17, 15) is 18.9 Å². The maximum atomic E-state index is 11.7. The summed E-state index contributed by atoms with van der Waals surface area (Å²) in [5.74, 6) is 0. The maximum Gasteiger partial charge on any atom is 1.00 e. The summed E-state index contributed by atoms with van der Waals surface area (Å²) in [6.45, 7) is 0. The van der Waals surface area contributed by atoms with Gasteiger partial charge in [0.1, 0.15) is 15.2 Å². The van der Waals surface area contributed by atoms with E-state index < -0.39 is 15.2 Å². The van der Waals surface area contributed by atoms with Crippen molar-refractivity contribution in [2.24, 2.45) is 0 Å². The van der Waals surface area contributed by atoms with Crippen molar-refractivity contribution in [2.45, 2.75) is 12.3 Å². The summed E-state index contributed by atoms with van der Waals surface area (Å²) in [6.07, 6.45) is -0.592. The molecular weight excluding hydrogens is 340 g/mol. The van der Waals surface area contributed by atoms with Gasteiger partial charge >= 0.3 is 37.7 Å². The Bertz CT molecular complexity index is 783. The van der Waals surface area contributed by atoms with Crippen LogP contribution in [0.4, 0.5) is 0 Å². The van der Waals surface area contributed by atoms with Gasteiger partial charge in [0.05, 0.1) is 0 Å². The number of hydrogen-bond acceptors (Lipinski definition) is 6. The fourth-order valence-electron chi connectivity index (χ4n) is 2.24. The SMILES string of the molecule is COP(=O)([O-])Cc1cc(CP(=O)([O-])OC)c2ccccc2c1.[Li+].[Li+]. The Morgan fingerprint density at radius 2 is 1.46 bits per heavy atom. The molecule has 0 aliphatic heterocycles. The van der Waals surface area contributed by atoms with E-state index in [1.165, 1.54) is 0 Å². The molecule has 120 valence electrons. The molecular formula is C14H16Li2O6P2. The smallest absolute Gasteiger partial charge is 0.778 e. The van der Waals surface area contributed by atoms with Crippen molar-refractivity contribution in [3.05, 3.63) is 47.5 Å². The van der Waals surface area contributed by atoms with Crippen LogP contribution in [0.5, 0.6) is 0 Å². The first kappa shape index (κ1) is 24.2. The monoisotopic (exact) mass is 356 g/mol. The van der Waals surface area contributed by atoms with E-state index in [0.717, 1.165) is 25.0 Å². The van der Waals surface area contributed by atoms with E-state index in [4.69, 9.17) is 0 Å². The fraction of sp³-hybridized carbons (Fsp3) is 0.286. The zero-order chi connectivity index (χ0) is 16.4. The van der Waals surface area contributed by atoms with Gasteiger partial charge in [-0.2, -0.15) is 0 Å². The molecule has 0 aromatic heterocycles. The van der Waals surface area contributed by atoms with E-state index in [0.29, 0.717) is 11.1 Å². The molecule has 10 heteroatoms. The van der Waals surface area contributed by atoms with E-state index in [-0.39, 0.29) is 50.0 Å². The average Bonchev–Trinajstić information content (AvgIpc) is 2.46. The van der Waals surface area contributed by atoms with Crippen molar-refractivity contribution in [3.8, 4) is 0 Å². The Hall–Kier alpha value is 0.195. The van der Waals surface area contributed by atoms with E-state index in [2.05, 4.69) is 9.05 Å². The maximum absolute atomic E-state index is 11.7. The summed E-state index contributed by atoms with van der Waals surface area (Å²) in [7, 11) is -5.77. The Morgan fingerprint density at radius 1 is 0.917 bits per heavy atom. The van der Waals surface area contributed by atoms with Gasteiger partial charge in [-0.1, -0.05) is 36.4 Å². The van der Waals surface area contributed by atoms with Crippen LogP contribution in [-0.2, 0) is 30.5 Å². The molecule has 0 heterocycles. The first-order valence-corrected chi connectivity index (χ1v) is 9.94. The van der Waals surface area contributed by atoms with Gasteiger partial charge in [-0.15, -0.1) is 0 Å². The Labute approximate surface area is 165 Å². The number of hydrogen-bond donors (Lipinski definition) is 0. The molecule has 0 radical (unpaired) electrons. The van der Waals surface area contributed by atoms with E-state index in [1.807, 2.05) is 0 Å². The van der Waals surface area contributed by atoms with Crippen molar-refractivity contribution in [2.75, 3.05) is 14.2 Å². The quantitative estimate of drug-likeness (QED) is 0.390. The summed E-state index contributed by atoms with van der Waals surface area (Å²) in [5, 5.41) is 1.51. The average molecular weight is 356 g/mol. The third-order valence-corrected chi connectivity index (χ3v) is 5.90. The molecule has 6 nitrogen and oxygen atoms in total. The van der Waals surface area contributed by atoms with E-state index >= 15 is 0 Å². The largest absolute Gasteiger partial charge is 1.00 e. The van der Waals surface area contributed by atoms with Crippen LogP contribution in [0.3, 0.4) is 0 Å². The first-order valence-electron chi connectivity index (χ1n) is 6.48. The Kier molecular flexibility index (Phi) is 9.85. The second-order valence-corrected chi connectivity index (χ2v) is 8.69. The van der Waals surface area contributed by atoms with Crippen LogP contribution in [0.25, 0.3) is 10.8 Å². The van der Waals surface area contributed by atoms with E-state index in [1.54, 1.807) is 36.4 Å². The molecule has 0 aliphatic rings. The van der Waals surface area contributed by atoms with Gasteiger partial charge in [-0.25, -0.2) is 0 Å². The Morgan fingerprint density at radius 3 is 2.04 bits per heavy atom. The van der Waals surface area contributed by atoms with Crippen molar-refractivity contribution >= 4 is 26.0 Å². The molecule has 0 saturated carbocycles. The molecule has 0 N–H and O–H groups in total. The molecule has 0 spiro atoms. The summed E-state index contributed by atoms with van der Waals surface area (Å²) < 4.78 is 32.3. The van der Waals surface area contributed by atoms with Gasteiger partial charge in [0.2, 0.25) is 0 Å². The summed E-state index contributed by atoms with van der Waals surface area (Å²) in [4.78, 5) is 23.4. The number of rotatable bonds is 6. The topological polar surface area (TPSA) is 98.7 Å². The Balaban J connectivity index is 0.00000264. The molecule has 2 unspecified atom stereocenters. The zero-order valence-electron chi connectivity index (χ0n) is 14.2. The van der Waals surface area contributed by atoms with Crippen LogP contribution >= 0.6 is 15.2 Å². The summed E-state index contributed by atoms with van der Waals surface area (Å²) in [5.41, 5.74) is 0.981. The van der Waals surface area contributed by atoms with Gasteiger partial charge in [0.25, 0.3) is 0 Å². The molecule has 0 fully saturated rings. The predicted molar refractivity (Wildman–Crippen MR) is 80.6 cm³/mol. The van der Waals surface area contributed by atoms with Crippen LogP contribution in [-0.4, -0.2) is 14.2 Å². The summed E-state index contributed by atoms with van der Waals surface area (Å²) >= 11 is 0. The third-order valence-electron chi connectivity index (χ3n) is 3.30. The molecule has 2 atom stereocenters. The minimum atomic E-state index is -4.01. The second kappa shape index (κ2) is 9.77. The minimum Gasteiger partial charge on any atom is -0.778 e. The molecule has 2 aromatic rings. The summed E-state index contributed by atoms with van der Waals surface area (Å²) in [6, 6.07) is 10.5. The van der Waals surface area contributed by atoms with Crippen LogP contribution < -0.4 is 47.5 Å². The van der Waals surface area contributed by atoms with Crippen molar-refractivity contribution < 1.29 is 65.7 Å². The molecule has 0 bridgehead atoms. The molecule has 0 aliphatic carbocycles. The molecule has 2 aromatic carbocycles. The van der Waals surface area contributed by atoms with Crippen LogP contribution in [0.1, 0.15) is 11.1 Å². The number of fused-ring (bicyclic) bond motifs is 1. The van der Waals surface area contributed by atoms with Crippen molar-refractivity contribution in [3.63, 3.8) is 0 Å². The molecule has 0 amide bonds. The molecule has 24 heavy (non-hydrogen) atoms. The van der Waals surface area contributed by atoms with Crippen LogP contribution in [0.2, 0.25) is 0 Å². The normalized spacial score (nSPS) is 15.7. The zero-order valence-corrected chi connectivity index (χ0v) is 16.0. The minimum absolute atomic E-state index is 0. The van der Waals surface area contributed by atoms with Gasteiger partial charge in [-0.3, -0.25) is 0 Å². The second-order valence-electron chi connectivity index (χ2n) is 4.88. The molecule has 0 saturated heterocycles. The van der Waals surface area contributed by atoms with Crippen molar-refractivity contribution in [1.82, 2.24) is 0 Å².